The Labute approximate surface area is 212 Å². The maximum atomic E-state index is 11.2. The third kappa shape index (κ3) is 4.37. The minimum atomic E-state index is -0.591. The van der Waals surface area contributed by atoms with Crippen LogP contribution in [0.15, 0.2) is 12.3 Å². The summed E-state index contributed by atoms with van der Waals surface area (Å²) in [6.07, 6.45) is 14.3. The second kappa shape index (κ2) is 9.49. The summed E-state index contributed by atoms with van der Waals surface area (Å²) >= 11 is 0. The fraction of sp³-hybridized carbons (Fsp3) is 0.867. The van der Waals surface area contributed by atoms with Crippen LogP contribution in [0.3, 0.4) is 0 Å². The number of nitrogens with zero attached hydrogens (tertiary/aromatic N) is 3. The minimum Gasteiger partial charge on any atom is -0.387 e. The van der Waals surface area contributed by atoms with E-state index in [4.69, 9.17) is 4.74 Å². The molecule has 194 valence electrons. The van der Waals surface area contributed by atoms with Gasteiger partial charge in [-0.25, -0.2) is 0 Å². The number of hydrogen-bond acceptors (Lipinski definition) is 4. The van der Waals surface area contributed by atoms with Crippen molar-refractivity contribution >= 4 is 0 Å². The van der Waals surface area contributed by atoms with Crippen LogP contribution in [0.2, 0.25) is 0 Å². The summed E-state index contributed by atoms with van der Waals surface area (Å²) < 4.78 is 7.69. The molecule has 0 spiro atoms. The molecule has 0 saturated heterocycles. The molecule has 0 unspecified atom stereocenters. The summed E-state index contributed by atoms with van der Waals surface area (Å²) in [4.78, 5) is 0. The standard InChI is InChI=1S/C30H47N3O2/c1-5-28(3,19-33-16-13-22(18-31)32-33)27-10-9-26-25-8-7-21-17-30(34,20-35-6-2)15-12-23(21)24(25)11-14-29(26,27)4/h13,16,21,23-27,34H,5-12,14-15,17,19-20H2,1-4H3/t21-,23+,24-,25-,26+,27-,28-,29+,30-/m1/s1. The van der Waals surface area contributed by atoms with Gasteiger partial charge in [-0.2, -0.15) is 10.4 Å². The Morgan fingerprint density at radius 3 is 2.66 bits per heavy atom. The van der Waals surface area contributed by atoms with Crippen LogP contribution < -0.4 is 0 Å². The molecule has 4 saturated carbocycles. The predicted molar refractivity (Wildman–Crippen MR) is 137 cm³/mol. The molecule has 1 heterocycles. The summed E-state index contributed by atoms with van der Waals surface area (Å²) in [5, 5.41) is 24.9. The van der Waals surface area contributed by atoms with E-state index < -0.39 is 5.60 Å². The van der Waals surface area contributed by atoms with Gasteiger partial charge in [-0.05, 0) is 124 Å². The van der Waals surface area contributed by atoms with Crippen molar-refractivity contribution in [3.8, 4) is 6.07 Å². The van der Waals surface area contributed by atoms with Gasteiger partial charge >= 0.3 is 0 Å². The van der Waals surface area contributed by atoms with Gasteiger partial charge in [-0.3, -0.25) is 4.68 Å². The van der Waals surface area contributed by atoms with Crippen LogP contribution >= 0.6 is 0 Å². The van der Waals surface area contributed by atoms with E-state index in [0.29, 0.717) is 36.2 Å². The molecule has 35 heavy (non-hydrogen) atoms. The largest absolute Gasteiger partial charge is 0.387 e. The molecule has 1 N–H and O–H groups in total. The van der Waals surface area contributed by atoms with Gasteiger partial charge < -0.3 is 9.84 Å². The quantitative estimate of drug-likeness (QED) is 0.503. The third-order valence-corrected chi connectivity index (χ3v) is 11.6. The number of hydrogen-bond donors (Lipinski definition) is 1. The van der Waals surface area contributed by atoms with Crippen LogP contribution in [0, 0.1) is 57.7 Å². The predicted octanol–water partition coefficient (Wildman–Crippen LogP) is 6.21. The topological polar surface area (TPSA) is 71.1 Å². The first-order chi connectivity index (χ1) is 16.7. The second-order valence-electron chi connectivity index (χ2n) is 13.2. The van der Waals surface area contributed by atoms with E-state index in [1.165, 1.54) is 44.9 Å². The average molecular weight is 482 g/mol. The lowest BCUT2D eigenvalue weighted by Crippen LogP contribution is -2.53. The summed E-state index contributed by atoms with van der Waals surface area (Å²) in [6, 6.07) is 4.03. The van der Waals surface area contributed by atoms with Gasteiger partial charge in [0.15, 0.2) is 5.69 Å². The summed E-state index contributed by atoms with van der Waals surface area (Å²) in [6.45, 7) is 11.6. The van der Waals surface area contributed by atoms with Crippen molar-refractivity contribution in [2.75, 3.05) is 13.2 Å². The zero-order valence-corrected chi connectivity index (χ0v) is 22.5. The highest BCUT2D eigenvalue weighted by molar-refractivity contribution is 5.17. The molecule has 1 aromatic rings. The van der Waals surface area contributed by atoms with Gasteiger partial charge in [0, 0.05) is 19.3 Å². The van der Waals surface area contributed by atoms with Crippen LogP contribution in [0.25, 0.3) is 0 Å². The molecule has 9 atom stereocenters. The second-order valence-corrected chi connectivity index (χ2v) is 13.2. The summed E-state index contributed by atoms with van der Waals surface area (Å²) in [5.74, 6) is 4.78. The number of rotatable bonds is 7. The average Bonchev–Trinajstić information content (AvgIpc) is 3.46. The molecule has 4 fully saturated rings. The molecule has 5 rings (SSSR count). The number of nitriles is 1. The normalized spacial score (nSPS) is 42.4. The van der Waals surface area contributed by atoms with Crippen molar-refractivity contribution in [2.45, 2.75) is 104 Å². The summed E-state index contributed by atoms with van der Waals surface area (Å²) in [7, 11) is 0. The fourth-order valence-electron chi connectivity index (χ4n) is 9.88. The third-order valence-electron chi connectivity index (χ3n) is 11.6. The van der Waals surface area contributed by atoms with Gasteiger partial charge in [-0.15, -0.1) is 0 Å². The zero-order valence-electron chi connectivity index (χ0n) is 22.5. The highest BCUT2D eigenvalue weighted by atomic mass is 16.5. The number of fused-ring (bicyclic) bond motifs is 5. The first kappa shape index (κ1) is 25.3. The van der Waals surface area contributed by atoms with Crippen LogP contribution in [-0.2, 0) is 11.3 Å². The van der Waals surface area contributed by atoms with E-state index in [0.717, 1.165) is 49.5 Å². The van der Waals surface area contributed by atoms with Crippen LogP contribution in [0.1, 0.15) is 97.6 Å². The monoisotopic (exact) mass is 481 g/mol. The van der Waals surface area contributed by atoms with E-state index in [-0.39, 0.29) is 5.41 Å². The Bertz CT molecular complexity index is 938. The molecule has 0 aliphatic heterocycles. The summed E-state index contributed by atoms with van der Waals surface area (Å²) in [5.41, 5.74) is 0.546. The first-order valence-electron chi connectivity index (χ1n) is 14.5. The lowest BCUT2D eigenvalue weighted by atomic mass is 9.47. The Kier molecular flexibility index (Phi) is 6.85. The molecular formula is C30H47N3O2. The SMILES string of the molecule is CCOC[C@@]1(O)CC[C@H]2[C@H](CC[C@@H]3[C@@H]2CC[C@]2(C)[C@@H]([C@](C)(CC)Cn4ccc(C#N)n4)CC[C@@H]32)C1. The lowest BCUT2D eigenvalue weighted by molar-refractivity contribution is -0.132. The van der Waals surface area contributed by atoms with E-state index in [2.05, 4.69) is 31.9 Å². The fourth-order valence-corrected chi connectivity index (χ4v) is 9.88. The van der Waals surface area contributed by atoms with Crippen molar-refractivity contribution < 1.29 is 9.84 Å². The Morgan fingerprint density at radius 2 is 1.94 bits per heavy atom. The minimum absolute atomic E-state index is 0.201. The first-order valence-corrected chi connectivity index (χ1v) is 14.5. The molecule has 0 bridgehead atoms. The molecule has 4 aliphatic rings. The number of aromatic nitrogens is 2. The lowest BCUT2D eigenvalue weighted by Gasteiger charge is -2.58. The molecule has 5 heteroatoms. The molecule has 0 amide bonds. The Morgan fingerprint density at radius 1 is 1.14 bits per heavy atom. The maximum Gasteiger partial charge on any atom is 0.162 e. The van der Waals surface area contributed by atoms with Gasteiger partial charge in [0.2, 0.25) is 0 Å². The number of ether oxygens (including phenoxy) is 1. The Balaban J connectivity index is 1.31. The molecule has 1 aromatic heterocycles. The van der Waals surface area contributed by atoms with Gasteiger partial charge in [0.05, 0.1) is 12.2 Å². The maximum absolute atomic E-state index is 11.2. The van der Waals surface area contributed by atoms with Crippen LogP contribution in [0.4, 0.5) is 0 Å². The van der Waals surface area contributed by atoms with Crippen molar-refractivity contribution in [3.63, 3.8) is 0 Å². The Hall–Kier alpha value is -1.38. The van der Waals surface area contributed by atoms with Gasteiger partial charge in [0.25, 0.3) is 0 Å². The zero-order chi connectivity index (χ0) is 24.8. The molecular weight excluding hydrogens is 434 g/mol. The smallest absolute Gasteiger partial charge is 0.162 e. The van der Waals surface area contributed by atoms with Crippen molar-refractivity contribution in [1.29, 1.82) is 5.26 Å². The van der Waals surface area contributed by atoms with Gasteiger partial charge in [0.1, 0.15) is 6.07 Å². The van der Waals surface area contributed by atoms with E-state index in [9.17, 15) is 10.4 Å². The number of aliphatic hydroxyl groups is 1. The van der Waals surface area contributed by atoms with E-state index in [1.54, 1.807) is 0 Å². The van der Waals surface area contributed by atoms with E-state index >= 15 is 0 Å². The van der Waals surface area contributed by atoms with Crippen LogP contribution in [-0.4, -0.2) is 33.7 Å². The molecule has 0 aromatic carbocycles. The van der Waals surface area contributed by atoms with Crippen molar-refractivity contribution in [2.24, 2.45) is 46.3 Å². The van der Waals surface area contributed by atoms with Crippen molar-refractivity contribution in [3.05, 3.63) is 18.0 Å². The molecule has 0 radical (unpaired) electrons. The molecule has 4 aliphatic carbocycles. The van der Waals surface area contributed by atoms with Crippen molar-refractivity contribution in [1.82, 2.24) is 9.78 Å². The van der Waals surface area contributed by atoms with E-state index in [1.807, 2.05) is 23.9 Å². The highest BCUT2D eigenvalue weighted by Crippen LogP contribution is 2.67. The van der Waals surface area contributed by atoms with Crippen LogP contribution in [0.5, 0.6) is 0 Å². The van der Waals surface area contributed by atoms with Gasteiger partial charge in [-0.1, -0.05) is 20.8 Å². The highest BCUT2D eigenvalue weighted by Gasteiger charge is 2.60. The molecule has 5 nitrogen and oxygen atoms in total.